The molecule has 1 aromatic rings. The molecule has 2 heterocycles. The van der Waals surface area contributed by atoms with E-state index in [4.69, 9.17) is 0 Å². The molecular weight excluding hydrogens is 310 g/mol. The van der Waals surface area contributed by atoms with E-state index in [0.29, 0.717) is 24.3 Å². The van der Waals surface area contributed by atoms with Gasteiger partial charge in [-0.1, -0.05) is 18.2 Å². The number of sulfone groups is 2. The molecule has 1 aromatic carbocycles. The van der Waals surface area contributed by atoms with Crippen molar-refractivity contribution in [2.24, 2.45) is 0 Å². The van der Waals surface area contributed by atoms with Gasteiger partial charge in [0.25, 0.3) is 0 Å². The fraction of sp³-hybridized carbons (Fsp3) is 0.571. The Balaban J connectivity index is 1.79. The first-order valence-electron chi connectivity index (χ1n) is 7.17. The Morgan fingerprint density at radius 2 is 1.81 bits per heavy atom. The molecule has 3 rings (SSSR count). The second kappa shape index (κ2) is 5.37. The van der Waals surface area contributed by atoms with Crippen molar-refractivity contribution in [2.45, 2.75) is 35.4 Å². The lowest BCUT2D eigenvalue weighted by Crippen LogP contribution is -2.36. The van der Waals surface area contributed by atoms with E-state index in [0.717, 1.165) is 12.0 Å². The lowest BCUT2D eigenvalue weighted by atomic mass is 10.0. The number of rotatable bonds is 3. The van der Waals surface area contributed by atoms with Crippen LogP contribution in [0.1, 0.15) is 30.9 Å². The fourth-order valence-corrected chi connectivity index (χ4v) is 6.56. The summed E-state index contributed by atoms with van der Waals surface area (Å²) in [6.07, 6.45) is 1.92. The van der Waals surface area contributed by atoms with Gasteiger partial charge in [-0.2, -0.15) is 0 Å². The fourth-order valence-electron chi connectivity index (χ4n) is 3.16. The molecule has 2 unspecified atom stereocenters. The molecule has 116 valence electrons. The van der Waals surface area contributed by atoms with Crippen LogP contribution in [0, 0.1) is 0 Å². The second-order valence-corrected chi connectivity index (χ2v) is 10.2. The topological polar surface area (TPSA) is 80.3 Å². The maximum absolute atomic E-state index is 12.1. The molecule has 21 heavy (non-hydrogen) atoms. The zero-order valence-corrected chi connectivity index (χ0v) is 13.3. The van der Waals surface area contributed by atoms with Crippen molar-refractivity contribution < 1.29 is 16.8 Å². The molecule has 2 aliphatic heterocycles. The van der Waals surface area contributed by atoms with Crippen LogP contribution < -0.4 is 5.32 Å². The summed E-state index contributed by atoms with van der Waals surface area (Å²) in [7, 11) is -6.16. The van der Waals surface area contributed by atoms with Crippen LogP contribution in [0.3, 0.4) is 0 Å². The van der Waals surface area contributed by atoms with Crippen molar-refractivity contribution in [3.05, 3.63) is 29.8 Å². The number of hydrogen-bond acceptors (Lipinski definition) is 5. The summed E-state index contributed by atoms with van der Waals surface area (Å²) in [5, 5.41) is 2.94. The van der Waals surface area contributed by atoms with Crippen molar-refractivity contribution in [3.8, 4) is 0 Å². The minimum atomic E-state index is -3.19. The van der Waals surface area contributed by atoms with Crippen LogP contribution in [0.2, 0.25) is 0 Å². The van der Waals surface area contributed by atoms with E-state index in [1.165, 1.54) is 0 Å². The van der Waals surface area contributed by atoms with Gasteiger partial charge >= 0.3 is 0 Å². The van der Waals surface area contributed by atoms with Gasteiger partial charge in [0, 0.05) is 12.6 Å². The summed E-state index contributed by atoms with van der Waals surface area (Å²) in [4.78, 5) is 0.378. The number of benzene rings is 1. The second-order valence-electron chi connectivity index (χ2n) is 5.74. The Kier molecular flexibility index (Phi) is 3.83. The number of nitrogens with one attached hydrogen (secondary N) is 1. The van der Waals surface area contributed by atoms with Crippen molar-refractivity contribution in [1.82, 2.24) is 5.32 Å². The van der Waals surface area contributed by atoms with Crippen molar-refractivity contribution >= 4 is 19.7 Å². The van der Waals surface area contributed by atoms with Crippen LogP contribution in [0.15, 0.2) is 29.2 Å². The lowest BCUT2D eigenvalue weighted by molar-refractivity contribution is 0.481. The molecule has 0 aromatic heterocycles. The molecule has 7 heteroatoms. The van der Waals surface area contributed by atoms with Gasteiger partial charge in [-0.05, 0) is 30.9 Å². The van der Waals surface area contributed by atoms with Crippen LogP contribution >= 0.6 is 0 Å². The Morgan fingerprint density at radius 1 is 1.05 bits per heavy atom. The molecule has 0 aliphatic carbocycles. The van der Waals surface area contributed by atoms with Crippen molar-refractivity contribution in [2.75, 3.05) is 18.1 Å². The lowest BCUT2D eigenvalue weighted by Gasteiger charge is -2.27. The van der Waals surface area contributed by atoms with Gasteiger partial charge in [-0.15, -0.1) is 0 Å². The maximum atomic E-state index is 12.1. The normalized spacial score (nSPS) is 29.9. The van der Waals surface area contributed by atoms with Gasteiger partial charge in [0.15, 0.2) is 19.7 Å². The molecule has 1 N–H and O–H groups in total. The third-order valence-corrected chi connectivity index (χ3v) is 8.45. The van der Waals surface area contributed by atoms with Gasteiger partial charge in [0.1, 0.15) is 0 Å². The standard InChI is InChI=1S/C14H19NO4S2/c16-20(17)8-3-4-11(20)10-15-13-7-9-21(18,19)14-6-2-1-5-12(13)14/h1-2,5-6,11,13,15H,3-4,7-10H2. The van der Waals surface area contributed by atoms with Crippen molar-refractivity contribution in [3.63, 3.8) is 0 Å². The summed E-state index contributed by atoms with van der Waals surface area (Å²) in [6.45, 7) is 0.404. The highest BCUT2D eigenvalue weighted by molar-refractivity contribution is 7.92. The summed E-state index contributed by atoms with van der Waals surface area (Å²) < 4.78 is 47.8. The third-order valence-electron chi connectivity index (χ3n) is 4.36. The van der Waals surface area contributed by atoms with E-state index in [-0.39, 0.29) is 22.8 Å². The number of hydrogen-bond donors (Lipinski definition) is 1. The average Bonchev–Trinajstić information content (AvgIpc) is 2.77. The van der Waals surface area contributed by atoms with Gasteiger partial charge in [0.05, 0.1) is 21.7 Å². The van der Waals surface area contributed by atoms with E-state index in [1.54, 1.807) is 12.1 Å². The van der Waals surface area contributed by atoms with Gasteiger partial charge in [-0.3, -0.25) is 0 Å². The van der Waals surface area contributed by atoms with Crippen LogP contribution in [-0.2, 0) is 19.7 Å². The highest BCUT2D eigenvalue weighted by Crippen LogP contribution is 2.32. The molecule has 1 saturated heterocycles. The monoisotopic (exact) mass is 329 g/mol. The van der Waals surface area contributed by atoms with E-state index in [2.05, 4.69) is 5.32 Å². The summed E-state index contributed by atoms with van der Waals surface area (Å²) in [5.41, 5.74) is 0.763. The smallest absolute Gasteiger partial charge is 0.178 e. The van der Waals surface area contributed by atoms with Crippen LogP contribution in [0.4, 0.5) is 0 Å². The minimum Gasteiger partial charge on any atom is -0.309 e. The van der Waals surface area contributed by atoms with E-state index in [9.17, 15) is 16.8 Å². The van der Waals surface area contributed by atoms with E-state index >= 15 is 0 Å². The molecule has 1 fully saturated rings. The molecule has 2 aliphatic rings. The van der Waals surface area contributed by atoms with Crippen LogP contribution in [0.25, 0.3) is 0 Å². The molecular formula is C14H19NO4S2. The van der Waals surface area contributed by atoms with E-state index < -0.39 is 19.7 Å². The predicted molar refractivity (Wildman–Crippen MR) is 80.7 cm³/mol. The first-order chi connectivity index (χ1) is 9.90. The summed E-state index contributed by atoms with van der Waals surface area (Å²) in [5.74, 6) is 0.383. The Bertz CT molecular complexity index is 740. The first-order valence-corrected chi connectivity index (χ1v) is 10.5. The first kappa shape index (κ1) is 15.0. The Labute approximate surface area is 125 Å². The average molecular weight is 329 g/mol. The van der Waals surface area contributed by atoms with Gasteiger partial charge < -0.3 is 5.32 Å². The third kappa shape index (κ3) is 2.86. The summed E-state index contributed by atoms with van der Waals surface area (Å²) >= 11 is 0. The van der Waals surface area contributed by atoms with E-state index in [1.807, 2.05) is 12.1 Å². The number of fused-ring (bicyclic) bond motifs is 1. The highest BCUT2D eigenvalue weighted by Gasteiger charge is 2.34. The molecule has 5 nitrogen and oxygen atoms in total. The minimum absolute atomic E-state index is 0.0828. The zero-order chi connectivity index (χ0) is 15.1. The van der Waals surface area contributed by atoms with Gasteiger partial charge in [0.2, 0.25) is 0 Å². The summed E-state index contributed by atoms with van der Waals surface area (Å²) in [6, 6.07) is 6.90. The molecule has 0 bridgehead atoms. The Morgan fingerprint density at radius 3 is 2.52 bits per heavy atom. The van der Waals surface area contributed by atoms with Crippen molar-refractivity contribution in [1.29, 1.82) is 0 Å². The quantitative estimate of drug-likeness (QED) is 0.897. The largest absolute Gasteiger partial charge is 0.309 e. The van der Waals surface area contributed by atoms with Crippen LogP contribution in [-0.4, -0.2) is 40.1 Å². The molecule has 0 amide bonds. The molecule has 2 atom stereocenters. The SMILES string of the molecule is O=S1(=O)CCC(NCC2CCCS2(=O)=O)c2ccccc21. The molecule has 0 radical (unpaired) electrons. The molecule has 0 spiro atoms. The van der Waals surface area contributed by atoms with Gasteiger partial charge in [-0.25, -0.2) is 16.8 Å². The highest BCUT2D eigenvalue weighted by atomic mass is 32.2. The Hall–Kier alpha value is -0.920. The molecule has 0 saturated carbocycles. The maximum Gasteiger partial charge on any atom is 0.178 e. The predicted octanol–water partition coefficient (Wildman–Crippen LogP) is 1.07. The zero-order valence-electron chi connectivity index (χ0n) is 11.7. The van der Waals surface area contributed by atoms with Crippen LogP contribution in [0.5, 0.6) is 0 Å².